The van der Waals surface area contributed by atoms with Crippen molar-refractivity contribution in [2.45, 2.75) is 154 Å². The fourth-order valence-corrected chi connectivity index (χ4v) is 17.2. The Morgan fingerprint density at radius 1 is 0.953 bits per heavy atom. The van der Waals surface area contributed by atoms with Crippen molar-refractivity contribution in [2.75, 3.05) is 63.6 Å². The molecule has 4 unspecified atom stereocenters. The van der Waals surface area contributed by atoms with Crippen LogP contribution in [0, 0.1) is 0 Å². The maximum absolute atomic E-state index is 14.8. The van der Waals surface area contributed by atoms with E-state index < -0.39 is 60.7 Å². The maximum Gasteiger partial charge on any atom is 0.490 e. The zero-order valence-electron chi connectivity index (χ0n) is 49.2. The van der Waals surface area contributed by atoms with Crippen LogP contribution in [0.3, 0.4) is 0 Å². The summed E-state index contributed by atoms with van der Waals surface area (Å²) in [4.78, 5) is 84.8. The van der Waals surface area contributed by atoms with Crippen LogP contribution in [0.5, 0.6) is 0 Å². The Morgan fingerprint density at radius 2 is 1.67 bits per heavy atom. The number of anilines is 2. The molecule has 2 amide bonds. The lowest BCUT2D eigenvalue weighted by Gasteiger charge is -2.48. The molecule has 1 saturated heterocycles. The van der Waals surface area contributed by atoms with Crippen LogP contribution in [-0.2, 0) is 59.2 Å². The van der Waals surface area contributed by atoms with E-state index in [0.29, 0.717) is 50.3 Å². The molecule has 0 spiro atoms. The van der Waals surface area contributed by atoms with Gasteiger partial charge in [-0.15, -0.1) is 0 Å². The second kappa shape index (κ2) is 24.6. The van der Waals surface area contributed by atoms with E-state index in [2.05, 4.69) is 104 Å². The molecule has 4 aliphatic heterocycles. The molecule has 85 heavy (non-hydrogen) atoms. The fourth-order valence-electron chi connectivity index (χ4n) is 13.6. The van der Waals surface area contributed by atoms with Gasteiger partial charge in [0.05, 0.1) is 25.6 Å². The minimum absolute atomic E-state index is 0.00100. The Labute approximate surface area is 493 Å². The number of aromatic nitrogens is 4. The molecule has 0 bridgehead atoms. The highest BCUT2D eigenvalue weighted by Crippen LogP contribution is 2.68. The second-order valence-corrected chi connectivity index (χ2v) is 28.8. The number of aliphatic hydroxyl groups is 1. The van der Waals surface area contributed by atoms with Gasteiger partial charge in [-0.3, -0.25) is 33.0 Å². The number of unbranched alkanes of at least 4 members (excludes halogenated alkanes) is 3. The van der Waals surface area contributed by atoms with Crippen LogP contribution in [0.1, 0.15) is 167 Å². The molecule has 1 aliphatic carbocycles. The zero-order valence-corrected chi connectivity index (χ0v) is 51.9. The Kier molecular flexibility index (Phi) is 18.1. The van der Waals surface area contributed by atoms with E-state index in [9.17, 15) is 47.9 Å². The summed E-state index contributed by atoms with van der Waals surface area (Å²) >= 11 is 0. The molecule has 6 heterocycles. The number of nitrogens with one attached hydrogen (secondary N) is 2. The van der Waals surface area contributed by atoms with Gasteiger partial charge < -0.3 is 45.4 Å². The molecule has 5 aliphatic rings. The molecule has 3 aromatic carbocycles. The van der Waals surface area contributed by atoms with Gasteiger partial charge in [0.2, 0.25) is 17.2 Å². The predicted octanol–water partition coefficient (Wildman–Crippen LogP) is 6.33. The van der Waals surface area contributed by atoms with Gasteiger partial charge in [0, 0.05) is 85.7 Å². The molecule has 0 saturated carbocycles. The first kappa shape index (κ1) is 62.6. The Bertz CT molecular complexity index is 3770. The quantitative estimate of drug-likeness (QED) is 0.0213. The Balaban J connectivity index is 0.694. The number of aliphatic hydroxyl groups excluding tert-OH is 1. The molecule has 7 atom stereocenters. The van der Waals surface area contributed by atoms with Crippen LogP contribution in [0.2, 0.25) is 0 Å². The number of amides is 2. The van der Waals surface area contributed by atoms with Crippen LogP contribution in [0.25, 0.3) is 16.7 Å². The van der Waals surface area contributed by atoms with Crippen molar-refractivity contribution in [2.24, 2.45) is 0 Å². The topological polar surface area (TPSA) is 324 Å². The van der Waals surface area contributed by atoms with E-state index in [0.717, 1.165) is 62.9 Å². The molecule has 0 radical (unpaired) electrons. The first-order chi connectivity index (χ1) is 40.2. The lowest BCUT2D eigenvalue weighted by molar-refractivity contribution is -0.121. The molecular weight excluding hydrogens is 1160 g/mol. The molecule has 460 valence electrons. The number of hydrogen-bond acceptors (Lipinski definition) is 16. The number of ether oxygens (including phenoxy) is 1. The van der Waals surface area contributed by atoms with E-state index in [-0.39, 0.29) is 59.1 Å². The van der Waals surface area contributed by atoms with E-state index in [4.69, 9.17) is 19.5 Å². The summed E-state index contributed by atoms with van der Waals surface area (Å²) in [6, 6.07) is 15.4. The van der Waals surface area contributed by atoms with Crippen molar-refractivity contribution in [1.82, 2.24) is 34.3 Å². The number of carbonyl (C=O) groups excluding carboxylic acids is 2. The highest BCUT2D eigenvalue weighted by Gasteiger charge is 2.46. The predicted molar refractivity (Wildman–Crippen MR) is 318 cm³/mol. The first-order valence-electron chi connectivity index (χ1n) is 29.3. The standard InChI is InChI=1S/C58H78N9O15P3/c1-8-67-44-30-43-41(29-40(44)35(2)32-57(67,3)4)49(42-28-36-18-15-25-65-26-16-21-39(52(36)65)50(42)58(43,5)6)37-19-11-12-20-38(37)55(71)64(7)24-17-22-47(69)60-23-13-9-10-14-27-78-83(72,73)81-85(76,77)82-84(74,75)79-33-46-45(68)31-48(80-46)66-34-61-51-53(66)62-56(59)63-54(51)70/h11-12,19-20,28-30,34-35,45-46,48,68H,8-10,13-18,21-27,31-33H2,1-7H3,(H6-,59,60,62,63,69,70,72,73,74,75,76,77)/p+1/t35?,45-,46+,48+/m0/s1. The van der Waals surface area contributed by atoms with E-state index >= 15 is 0 Å². The van der Waals surface area contributed by atoms with Crippen molar-refractivity contribution in [1.29, 1.82) is 0 Å². The number of carbonyl (C=O) groups is 2. The molecule has 8 N–H and O–H groups in total. The van der Waals surface area contributed by atoms with Crippen LogP contribution in [-0.4, -0.2) is 127 Å². The smallest absolute Gasteiger partial charge is 0.390 e. The number of H-pyrrole nitrogens is 1. The summed E-state index contributed by atoms with van der Waals surface area (Å²) in [5, 5.41) is 16.1. The SMILES string of the molecule is CCN1c2cc3c(cc2C(C)CC1(C)C)C(c1ccccc1C(=O)N(C)CCCC(=O)NCCCCCCOP(=O)(O)OP(=O)(O)OP(=O)(O)OC[C@H]1O[C@@H](n2cnc4c(=O)[nH]c(N)nc42)C[C@@H]1O)=c1cc2c4c(c1C3(C)C)CCC[N+]=4CCC2. The average molecular weight is 1240 g/mol. The number of nitrogens with two attached hydrogens (primary N) is 1. The number of phosphoric acid groups is 3. The van der Waals surface area contributed by atoms with Gasteiger partial charge in [-0.2, -0.15) is 13.6 Å². The number of phosphoric ester groups is 2. The highest BCUT2D eigenvalue weighted by molar-refractivity contribution is 7.66. The van der Waals surface area contributed by atoms with E-state index in [1.807, 2.05) is 18.2 Å². The van der Waals surface area contributed by atoms with Crippen molar-refractivity contribution >= 4 is 63.7 Å². The number of rotatable bonds is 23. The zero-order chi connectivity index (χ0) is 61.0. The number of fused-ring (bicyclic) bond motifs is 5. The molecule has 1 fully saturated rings. The number of imidazole rings is 1. The minimum atomic E-state index is -5.77. The van der Waals surface area contributed by atoms with Crippen LogP contribution in [0.15, 0.2) is 53.6 Å². The molecular formula is C58H79N9O15P3+. The first-order valence-corrected chi connectivity index (χ1v) is 33.8. The van der Waals surface area contributed by atoms with Gasteiger partial charge in [0.15, 0.2) is 11.2 Å². The summed E-state index contributed by atoms with van der Waals surface area (Å²) in [6.45, 7) is 16.6. The second-order valence-electron chi connectivity index (χ2n) is 24.1. The molecule has 5 aromatic rings. The minimum Gasteiger partial charge on any atom is -0.390 e. The number of hydrogen-bond donors (Lipinski definition) is 7. The molecule has 24 nitrogen and oxygen atoms in total. The number of nitrogens with zero attached hydrogens (tertiary/aromatic N) is 6. The lowest BCUT2D eigenvalue weighted by Crippen LogP contribution is -2.50. The summed E-state index contributed by atoms with van der Waals surface area (Å²) in [6.07, 6.45) is 5.32. The highest BCUT2D eigenvalue weighted by atomic mass is 31.3. The third-order valence-corrected chi connectivity index (χ3v) is 21.6. The summed E-state index contributed by atoms with van der Waals surface area (Å²) in [5.74, 6) is -0.141. The third kappa shape index (κ3) is 13.1. The lowest BCUT2D eigenvalue weighted by atomic mass is 9.64. The van der Waals surface area contributed by atoms with Gasteiger partial charge in [-0.05, 0) is 128 Å². The maximum atomic E-state index is 14.8. The molecule has 2 aromatic heterocycles. The summed E-state index contributed by atoms with van der Waals surface area (Å²) < 4.78 is 65.1. The van der Waals surface area contributed by atoms with Crippen LogP contribution < -0.4 is 36.7 Å². The van der Waals surface area contributed by atoms with Crippen molar-refractivity contribution in [3.8, 4) is 0 Å². The molecule has 27 heteroatoms. The van der Waals surface area contributed by atoms with Crippen molar-refractivity contribution < 1.29 is 65.5 Å². The number of aryl methyl sites for hydroxylation is 1. The summed E-state index contributed by atoms with van der Waals surface area (Å²) in [7, 11) is -14.8. The van der Waals surface area contributed by atoms with Gasteiger partial charge in [0.1, 0.15) is 25.4 Å². The number of benzene rings is 3. The normalized spacial score (nSPS) is 22.4. The Hall–Kier alpha value is -5.45. The average Bonchev–Trinajstić information content (AvgIpc) is 1.35. The van der Waals surface area contributed by atoms with Crippen LogP contribution in [0.4, 0.5) is 11.6 Å². The van der Waals surface area contributed by atoms with Gasteiger partial charge in [-0.25, -0.2) is 23.3 Å². The van der Waals surface area contributed by atoms with Crippen LogP contribution >= 0.6 is 23.5 Å². The van der Waals surface area contributed by atoms with Crippen molar-refractivity contribution in [3.05, 3.63) is 114 Å². The van der Waals surface area contributed by atoms with Crippen molar-refractivity contribution in [3.63, 3.8) is 0 Å². The number of aromatic amines is 1. The van der Waals surface area contributed by atoms with E-state index in [1.54, 1.807) is 11.9 Å². The third-order valence-electron chi connectivity index (χ3n) is 17.3. The van der Waals surface area contributed by atoms with Gasteiger partial charge in [0.25, 0.3) is 11.5 Å². The Morgan fingerprint density at radius 3 is 2.42 bits per heavy atom. The fraction of sp³-hybridized carbons (Fsp3) is 0.552. The summed E-state index contributed by atoms with van der Waals surface area (Å²) in [5.41, 5.74) is 16.7. The van der Waals surface area contributed by atoms with E-state index in [1.165, 1.54) is 60.5 Å². The molecule has 10 rings (SSSR count). The van der Waals surface area contributed by atoms with Gasteiger partial charge in [-0.1, -0.05) is 51.8 Å². The van der Waals surface area contributed by atoms with Gasteiger partial charge >= 0.3 is 23.5 Å². The monoisotopic (exact) mass is 1230 g/mol. The number of nitrogen functional groups attached to an aromatic ring is 1. The largest absolute Gasteiger partial charge is 0.490 e.